The van der Waals surface area contributed by atoms with Crippen LogP contribution in [0.2, 0.25) is 0 Å². The quantitative estimate of drug-likeness (QED) is 0.654. The van der Waals surface area contributed by atoms with E-state index < -0.39 is 5.97 Å². The van der Waals surface area contributed by atoms with Gasteiger partial charge in [-0.3, -0.25) is 10.4 Å². The highest BCUT2D eigenvalue weighted by molar-refractivity contribution is 5.91. The number of nitrogens with one attached hydrogen (secondary N) is 3. The zero-order valence-electron chi connectivity index (χ0n) is 9.90. The summed E-state index contributed by atoms with van der Waals surface area (Å²) in [6, 6.07) is 1.14. The molecule has 1 aromatic heterocycles. The first-order valence-electron chi connectivity index (χ1n) is 6.01. The maximum atomic E-state index is 11.6. The van der Waals surface area contributed by atoms with Crippen molar-refractivity contribution in [3.63, 3.8) is 0 Å². The second-order valence-corrected chi connectivity index (χ2v) is 4.41. The van der Waals surface area contributed by atoms with Crippen LogP contribution in [0.25, 0.3) is 0 Å². The van der Waals surface area contributed by atoms with Crippen molar-refractivity contribution in [2.45, 2.75) is 38.1 Å². The van der Waals surface area contributed by atoms with Gasteiger partial charge in [0.05, 0.1) is 0 Å². The Balaban J connectivity index is 1.84. The van der Waals surface area contributed by atoms with Gasteiger partial charge in [0.25, 0.3) is 0 Å². The van der Waals surface area contributed by atoms with Gasteiger partial charge in [-0.25, -0.2) is 9.59 Å². The van der Waals surface area contributed by atoms with Gasteiger partial charge in [-0.2, -0.15) is 5.10 Å². The molecule has 0 bridgehead atoms. The minimum absolute atomic E-state index is 0.0528. The Kier molecular flexibility index (Phi) is 3.81. The van der Waals surface area contributed by atoms with E-state index in [1.807, 2.05) is 0 Å². The number of aromatic nitrogens is 2. The first-order chi connectivity index (χ1) is 8.65. The van der Waals surface area contributed by atoms with Gasteiger partial charge in [0.15, 0.2) is 5.82 Å². The van der Waals surface area contributed by atoms with Crippen LogP contribution in [0.1, 0.15) is 42.6 Å². The largest absolute Gasteiger partial charge is 0.477 e. The number of amides is 2. The number of hydrogen-bond acceptors (Lipinski definition) is 3. The lowest BCUT2D eigenvalue weighted by molar-refractivity contribution is 0.0690. The molecular weight excluding hydrogens is 236 g/mol. The van der Waals surface area contributed by atoms with Crippen LogP contribution in [0.3, 0.4) is 0 Å². The molecule has 0 aliphatic heterocycles. The number of carbonyl (C=O) groups excluding carboxylic acids is 1. The van der Waals surface area contributed by atoms with Crippen LogP contribution in [0, 0.1) is 0 Å². The normalized spacial score (nSPS) is 16.2. The highest BCUT2D eigenvalue weighted by Gasteiger charge is 2.16. The van der Waals surface area contributed by atoms with Crippen molar-refractivity contribution in [2.75, 3.05) is 5.32 Å². The number of aromatic carboxylic acids is 1. The van der Waals surface area contributed by atoms with Gasteiger partial charge in [0, 0.05) is 12.1 Å². The summed E-state index contributed by atoms with van der Waals surface area (Å²) in [5.41, 5.74) is -0.0528. The van der Waals surface area contributed by atoms with Crippen molar-refractivity contribution in [3.05, 3.63) is 11.8 Å². The van der Waals surface area contributed by atoms with Gasteiger partial charge in [0.2, 0.25) is 0 Å². The van der Waals surface area contributed by atoms with Gasteiger partial charge < -0.3 is 10.4 Å². The fraction of sp³-hybridized carbons (Fsp3) is 0.545. The molecule has 0 saturated heterocycles. The SMILES string of the molecule is O=C(Nc1cc(C(=O)O)[nH]n1)NC1CCCCC1. The summed E-state index contributed by atoms with van der Waals surface area (Å²) in [6.07, 6.45) is 5.48. The number of hydrogen-bond donors (Lipinski definition) is 4. The topological polar surface area (TPSA) is 107 Å². The summed E-state index contributed by atoms with van der Waals surface area (Å²) in [7, 11) is 0. The third-order valence-electron chi connectivity index (χ3n) is 2.99. The Morgan fingerprint density at radius 2 is 2.06 bits per heavy atom. The first-order valence-corrected chi connectivity index (χ1v) is 6.01. The number of aromatic amines is 1. The number of nitrogens with zero attached hydrogens (tertiary/aromatic N) is 1. The summed E-state index contributed by atoms with van der Waals surface area (Å²) in [5.74, 6) is -0.899. The number of carboxylic acid groups (broad SMARTS) is 1. The van der Waals surface area contributed by atoms with Crippen LogP contribution >= 0.6 is 0 Å². The first kappa shape index (κ1) is 12.4. The highest BCUT2D eigenvalue weighted by Crippen LogP contribution is 2.17. The fourth-order valence-electron chi connectivity index (χ4n) is 2.08. The van der Waals surface area contributed by atoms with E-state index in [1.54, 1.807) is 0 Å². The van der Waals surface area contributed by atoms with Crippen LogP contribution in [0.5, 0.6) is 0 Å². The molecule has 2 rings (SSSR count). The molecule has 0 aromatic carbocycles. The van der Waals surface area contributed by atoms with Crippen LogP contribution in [0.4, 0.5) is 10.6 Å². The summed E-state index contributed by atoms with van der Waals surface area (Å²) in [5, 5.41) is 20.1. The van der Waals surface area contributed by atoms with Crippen molar-refractivity contribution in [1.29, 1.82) is 0 Å². The zero-order chi connectivity index (χ0) is 13.0. The number of urea groups is 1. The molecule has 1 aliphatic carbocycles. The molecule has 7 heteroatoms. The molecule has 0 atom stereocenters. The minimum atomic E-state index is -1.11. The molecule has 1 aliphatic rings. The molecule has 18 heavy (non-hydrogen) atoms. The predicted molar refractivity (Wildman–Crippen MR) is 64.6 cm³/mol. The molecule has 2 amide bonds. The standard InChI is InChI=1S/C11H16N4O3/c16-10(17)8-6-9(15-14-8)13-11(18)12-7-4-2-1-3-5-7/h6-7H,1-5H2,(H,16,17)(H3,12,13,14,15,18). The van der Waals surface area contributed by atoms with E-state index in [4.69, 9.17) is 5.11 Å². The van der Waals surface area contributed by atoms with Crippen molar-refractivity contribution < 1.29 is 14.7 Å². The zero-order valence-corrected chi connectivity index (χ0v) is 9.90. The van der Waals surface area contributed by atoms with E-state index in [1.165, 1.54) is 12.5 Å². The summed E-state index contributed by atoms with van der Waals surface area (Å²) < 4.78 is 0. The average molecular weight is 252 g/mol. The fourth-order valence-corrected chi connectivity index (χ4v) is 2.08. The third kappa shape index (κ3) is 3.22. The van der Waals surface area contributed by atoms with Crippen molar-refractivity contribution in [1.82, 2.24) is 15.5 Å². The van der Waals surface area contributed by atoms with Crippen molar-refractivity contribution >= 4 is 17.8 Å². The van der Waals surface area contributed by atoms with Gasteiger partial charge in [-0.05, 0) is 12.8 Å². The monoisotopic (exact) mass is 252 g/mol. The Hall–Kier alpha value is -2.05. The van der Waals surface area contributed by atoms with E-state index in [9.17, 15) is 9.59 Å². The molecule has 98 valence electrons. The Morgan fingerprint density at radius 3 is 2.67 bits per heavy atom. The van der Waals surface area contributed by atoms with Crippen LogP contribution < -0.4 is 10.6 Å². The van der Waals surface area contributed by atoms with E-state index in [-0.39, 0.29) is 23.6 Å². The number of anilines is 1. The van der Waals surface area contributed by atoms with Gasteiger partial charge in [0.1, 0.15) is 5.69 Å². The maximum Gasteiger partial charge on any atom is 0.353 e. The van der Waals surface area contributed by atoms with Crippen molar-refractivity contribution in [2.24, 2.45) is 0 Å². The van der Waals surface area contributed by atoms with Gasteiger partial charge in [-0.15, -0.1) is 0 Å². The molecular formula is C11H16N4O3. The molecule has 0 spiro atoms. The lowest BCUT2D eigenvalue weighted by atomic mass is 9.96. The Morgan fingerprint density at radius 1 is 1.33 bits per heavy atom. The van der Waals surface area contributed by atoms with Crippen molar-refractivity contribution in [3.8, 4) is 0 Å². The molecule has 0 radical (unpaired) electrons. The van der Waals surface area contributed by atoms with E-state index >= 15 is 0 Å². The van der Waals surface area contributed by atoms with Gasteiger partial charge >= 0.3 is 12.0 Å². The smallest absolute Gasteiger partial charge is 0.353 e. The summed E-state index contributed by atoms with van der Waals surface area (Å²) in [6.45, 7) is 0. The molecule has 7 nitrogen and oxygen atoms in total. The molecule has 1 heterocycles. The second kappa shape index (κ2) is 5.52. The Labute approximate surface area is 104 Å². The number of H-pyrrole nitrogens is 1. The molecule has 0 unspecified atom stereocenters. The lowest BCUT2D eigenvalue weighted by Gasteiger charge is -2.22. The predicted octanol–water partition coefficient (Wildman–Crippen LogP) is 1.56. The lowest BCUT2D eigenvalue weighted by Crippen LogP contribution is -2.39. The average Bonchev–Trinajstić information content (AvgIpc) is 2.78. The van der Waals surface area contributed by atoms with Crippen LogP contribution in [0.15, 0.2) is 6.07 Å². The maximum absolute atomic E-state index is 11.6. The second-order valence-electron chi connectivity index (χ2n) is 4.41. The minimum Gasteiger partial charge on any atom is -0.477 e. The van der Waals surface area contributed by atoms with E-state index in [2.05, 4.69) is 20.8 Å². The molecule has 4 N–H and O–H groups in total. The number of carboxylic acids is 1. The molecule has 1 aromatic rings. The third-order valence-corrected chi connectivity index (χ3v) is 2.99. The van der Waals surface area contributed by atoms with E-state index in [0.717, 1.165) is 25.7 Å². The summed E-state index contributed by atoms with van der Waals surface area (Å²) >= 11 is 0. The number of carbonyl (C=O) groups is 2. The van der Waals surface area contributed by atoms with Gasteiger partial charge in [-0.1, -0.05) is 19.3 Å². The molecule has 1 fully saturated rings. The highest BCUT2D eigenvalue weighted by atomic mass is 16.4. The van der Waals surface area contributed by atoms with Crippen LogP contribution in [-0.2, 0) is 0 Å². The van der Waals surface area contributed by atoms with E-state index in [0.29, 0.717) is 0 Å². The van der Waals surface area contributed by atoms with Crippen LogP contribution in [-0.4, -0.2) is 33.3 Å². The molecule has 1 saturated carbocycles. The summed E-state index contributed by atoms with van der Waals surface area (Å²) in [4.78, 5) is 22.3. The Bertz CT molecular complexity index is 437. The number of rotatable bonds is 3.